The molecule has 1 aromatic carbocycles. The van der Waals surface area contributed by atoms with Gasteiger partial charge in [0.05, 0.1) is 11.9 Å². The van der Waals surface area contributed by atoms with Gasteiger partial charge in [0.15, 0.2) is 0 Å². The molecule has 0 aromatic heterocycles. The van der Waals surface area contributed by atoms with E-state index in [1.807, 2.05) is 31.2 Å². The van der Waals surface area contributed by atoms with Crippen LogP contribution in [0.1, 0.15) is 24.0 Å². The van der Waals surface area contributed by atoms with Gasteiger partial charge in [-0.2, -0.15) is 0 Å². The lowest BCUT2D eigenvalue weighted by Crippen LogP contribution is -2.34. The summed E-state index contributed by atoms with van der Waals surface area (Å²) in [6.45, 7) is 3.19. The average Bonchev–Trinajstić information content (AvgIpc) is 2.84. The van der Waals surface area contributed by atoms with Gasteiger partial charge in [0.1, 0.15) is 0 Å². The monoisotopic (exact) mass is 283 g/mol. The van der Waals surface area contributed by atoms with Gasteiger partial charge in [0, 0.05) is 20.2 Å². The van der Waals surface area contributed by atoms with Crippen molar-refractivity contribution < 1.29 is 13.2 Å². The topological polar surface area (TPSA) is 46.6 Å². The summed E-state index contributed by atoms with van der Waals surface area (Å²) in [6.07, 6.45) is 2.03. The molecule has 2 rings (SSSR count). The van der Waals surface area contributed by atoms with Gasteiger partial charge in [-0.3, -0.25) is 0 Å². The average molecular weight is 283 g/mol. The SMILES string of the molecule is Cc1ccc(CS(=O)(=O)N(C)CC2CCCO2)cc1. The number of benzene rings is 1. The normalized spacial score (nSPS) is 20.1. The zero-order valence-corrected chi connectivity index (χ0v) is 12.3. The van der Waals surface area contributed by atoms with Crippen LogP contribution in [0.25, 0.3) is 0 Å². The van der Waals surface area contributed by atoms with Crippen molar-refractivity contribution in [1.29, 1.82) is 0 Å². The first-order valence-electron chi connectivity index (χ1n) is 6.58. The largest absolute Gasteiger partial charge is 0.377 e. The van der Waals surface area contributed by atoms with E-state index in [0.29, 0.717) is 6.54 Å². The number of hydrogen-bond acceptors (Lipinski definition) is 3. The molecule has 0 amide bonds. The smallest absolute Gasteiger partial charge is 0.218 e. The van der Waals surface area contributed by atoms with E-state index in [-0.39, 0.29) is 11.9 Å². The van der Waals surface area contributed by atoms with Crippen LogP contribution in [-0.4, -0.2) is 39.0 Å². The molecule has 1 aromatic rings. The van der Waals surface area contributed by atoms with E-state index in [1.54, 1.807) is 7.05 Å². The van der Waals surface area contributed by atoms with Crippen molar-refractivity contribution in [3.8, 4) is 0 Å². The van der Waals surface area contributed by atoms with Crippen molar-refractivity contribution in [2.45, 2.75) is 31.6 Å². The standard InChI is InChI=1S/C14H21NO3S/c1-12-5-7-13(8-6-12)11-19(16,17)15(2)10-14-4-3-9-18-14/h5-8,14H,3-4,9-11H2,1-2H3. The molecule has 0 radical (unpaired) electrons. The van der Waals surface area contributed by atoms with Crippen molar-refractivity contribution in [3.05, 3.63) is 35.4 Å². The second kappa shape index (κ2) is 6.03. The Balaban J connectivity index is 1.98. The van der Waals surface area contributed by atoms with Crippen LogP contribution < -0.4 is 0 Å². The van der Waals surface area contributed by atoms with Crippen LogP contribution in [0.2, 0.25) is 0 Å². The second-order valence-corrected chi connectivity index (χ2v) is 7.23. The molecule has 5 heteroatoms. The first-order valence-corrected chi connectivity index (χ1v) is 8.19. The van der Waals surface area contributed by atoms with Crippen LogP contribution in [0.4, 0.5) is 0 Å². The highest BCUT2D eigenvalue weighted by Gasteiger charge is 2.24. The number of hydrogen-bond donors (Lipinski definition) is 0. The van der Waals surface area contributed by atoms with Crippen LogP contribution in [0, 0.1) is 6.92 Å². The molecule has 0 spiro atoms. The Labute approximate surface area is 115 Å². The minimum atomic E-state index is -3.26. The Morgan fingerprint density at radius 1 is 1.32 bits per heavy atom. The molecule has 1 fully saturated rings. The van der Waals surface area contributed by atoms with E-state index in [0.717, 1.165) is 30.6 Å². The number of nitrogens with zero attached hydrogens (tertiary/aromatic N) is 1. The maximum atomic E-state index is 12.2. The molecule has 0 saturated carbocycles. The van der Waals surface area contributed by atoms with E-state index in [9.17, 15) is 8.42 Å². The van der Waals surface area contributed by atoms with Crippen molar-refractivity contribution in [2.75, 3.05) is 20.2 Å². The zero-order chi connectivity index (χ0) is 13.9. The first kappa shape index (κ1) is 14.5. The summed E-state index contributed by atoms with van der Waals surface area (Å²) >= 11 is 0. The van der Waals surface area contributed by atoms with E-state index in [1.165, 1.54) is 4.31 Å². The quantitative estimate of drug-likeness (QED) is 0.829. The van der Waals surface area contributed by atoms with Crippen LogP contribution in [0.3, 0.4) is 0 Å². The first-order chi connectivity index (χ1) is 8.97. The molecular formula is C14H21NO3S. The Kier molecular flexibility index (Phi) is 4.60. The van der Waals surface area contributed by atoms with E-state index >= 15 is 0 Å². The predicted octanol–water partition coefficient (Wildman–Crippen LogP) is 1.94. The Morgan fingerprint density at radius 3 is 2.58 bits per heavy atom. The Bertz CT molecular complexity index is 504. The van der Waals surface area contributed by atoms with Gasteiger partial charge in [-0.25, -0.2) is 12.7 Å². The molecule has 0 aliphatic carbocycles. The highest BCUT2D eigenvalue weighted by molar-refractivity contribution is 7.88. The maximum Gasteiger partial charge on any atom is 0.218 e. The molecule has 1 saturated heterocycles. The summed E-state index contributed by atoms with van der Waals surface area (Å²) in [5, 5.41) is 0. The number of aryl methyl sites for hydroxylation is 1. The predicted molar refractivity (Wildman–Crippen MR) is 75.4 cm³/mol. The molecule has 1 atom stereocenters. The van der Waals surface area contributed by atoms with Gasteiger partial charge >= 0.3 is 0 Å². The number of ether oxygens (including phenoxy) is 1. The van der Waals surface area contributed by atoms with Gasteiger partial charge in [0.25, 0.3) is 0 Å². The Morgan fingerprint density at radius 2 is 2.00 bits per heavy atom. The lowest BCUT2D eigenvalue weighted by atomic mass is 10.2. The highest BCUT2D eigenvalue weighted by atomic mass is 32.2. The molecule has 0 bridgehead atoms. The van der Waals surface area contributed by atoms with Gasteiger partial charge in [-0.1, -0.05) is 29.8 Å². The maximum absolute atomic E-state index is 12.2. The minimum absolute atomic E-state index is 0.0521. The van der Waals surface area contributed by atoms with Crippen molar-refractivity contribution in [1.82, 2.24) is 4.31 Å². The summed E-state index contributed by atoms with van der Waals surface area (Å²) in [6, 6.07) is 7.61. The summed E-state index contributed by atoms with van der Waals surface area (Å²) in [4.78, 5) is 0. The van der Waals surface area contributed by atoms with E-state index in [4.69, 9.17) is 4.74 Å². The van der Waals surface area contributed by atoms with Gasteiger partial charge in [-0.05, 0) is 25.3 Å². The second-order valence-electron chi connectivity index (χ2n) is 5.16. The van der Waals surface area contributed by atoms with Crippen LogP contribution >= 0.6 is 0 Å². The summed E-state index contributed by atoms with van der Waals surface area (Å²) in [7, 11) is -1.63. The van der Waals surface area contributed by atoms with Gasteiger partial charge in [0.2, 0.25) is 10.0 Å². The molecule has 0 N–H and O–H groups in total. The van der Waals surface area contributed by atoms with Crippen molar-refractivity contribution >= 4 is 10.0 Å². The van der Waals surface area contributed by atoms with E-state index < -0.39 is 10.0 Å². The molecule has 1 aliphatic heterocycles. The summed E-state index contributed by atoms with van der Waals surface area (Å²) < 4.78 is 31.4. The van der Waals surface area contributed by atoms with Crippen LogP contribution in [-0.2, 0) is 20.5 Å². The lowest BCUT2D eigenvalue weighted by molar-refractivity contribution is 0.0978. The fourth-order valence-corrected chi connectivity index (χ4v) is 3.42. The Hall–Kier alpha value is -0.910. The van der Waals surface area contributed by atoms with E-state index in [2.05, 4.69) is 0 Å². The highest BCUT2D eigenvalue weighted by Crippen LogP contribution is 2.16. The summed E-state index contributed by atoms with van der Waals surface area (Å²) in [5.74, 6) is 0.0521. The fraction of sp³-hybridized carbons (Fsp3) is 0.571. The number of likely N-dealkylation sites (N-methyl/N-ethyl adjacent to an activating group) is 1. The molecular weight excluding hydrogens is 262 g/mol. The molecule has 4 nitrogen and oxygen atoms in total. The van der Waals surface area contributed by atoms with Gasteiger partial charge < -0.3 is 4.74 Å². The minimum Gasteiger partial charge on any atom is -0.377 e. The summed E-state index contributed by atoms with van der Waals surface area (Å²) in [5.41, 5.74) is 1.96. The van der Waals surface area contributed by atoms with Crippen molar-refractivity contribution in [3.63, 3.8) is 0 Å². The molecule has 1 heterocycles. The fourth-order valence-electron chi connectivity index (χ4n) is 2.19. The van der Waals surface area contributed by atoms with Crippen LogP contribution in [0.5, 0.6) is 0 Å². The van der Waals surface area contributed by atoms with Crippen LogP contribution in [0.15, 0.2) is 24.3 Å². The lowest BCUT2D eigenvalue weighted by Gasteiger charge is -2.20. The third kappa shape index (κ3) is 4.03. The number of rotatable bonds is 5. The van der Waals surface area contributed by atoms with Crippen molar-refractivity contribution in [2.24, 2.45) is 0 Å². The number of sulfonamides is 1. The third-order valence-corrected chi connectivity index (χ3v) is 5.23. The molecule has 1 aliphatic rings. The molecule has 106 valence electrons. The molecule has 1 unspecified atom stereocenters. The zero-order valence-electron chi connectivity index (χ0n) is 11.5. The molecule has 19 heavy (non-hydrogen) atoms. The van der Waals surface area contributed by atoms with Gasteiger partial charge in [-0.15, -0.1) is 0 Å². The third-order valence-electron chi connectivity index (χ3n) is 3.43.